The third kappa shape index (κ3) is 6.67. The van der Waals surface area contributed by atoms with Crippen LogP contribution in [0.15, 0.2) is 66.2 Å². The van der Waals surface area contributed by atoms with Gasteiger partial charge >= 0.3 is 0 Å². The van der Waals surface area contributed by atoms with E-state index in [2.05, 4.69) is 5.32 Å². The SMILES string of the molecule is CCOc1cc(/C=C(\C#N)C(=O)Nc2ccc(OC)cc2)cc(Cl)c1OCc1cccc(Cl)c1. The van der Waals surface area contributed by atoms with Crippen LogP contribution in [-0.2, 0) is 11.4 Å². The number of methoxy groups -OCH3 is 1. The lowest BCUT2D eigenvalue weighted by Crippen LogP contribution is -2.13. The van der Waals surface area contributed by atoms with E-state index in [1.807, 2.05) is 25.1 Å². The first-order valence-corrected chi connectivity index (χ1v) is 11.1. The van der Waals surface area contributed by atoms with Crippen LogP contribution in [0.2, 0.25) is 10.0 Å². The van der Waals surface area contributed by atoms with Crippen LogP contribution in [-0.4, -0.2) is 19.6 Å². The summed E-state index contributed by atoms with van der Waals surface area (Å²) in [5.74, 6) is 0.866. The largest absolute Gasteiger partial charge is 0.497 e. The lowest BCUT2D eigenvalue weighted by Gasteiger charge is -2.15. The zero-order chi connectivity index (χ0) is 24.5. The number of carbonyl (C=O) groups is 1. The second kappa shape index (κ2) is 12.0. The Kier molecular flexibility index (Phi) is 8.80. The highest BCUT2D eigenvalue weighted by Crippen LogP contribution is 2.38. The van der Waals surface area contributed by atoms with Gasteiger partial charge in [0.25, 0.3) is 5.91 Å². The summed E-state index contributed by atoms with van der Waals surface area (Å²) in [5, 5.41) is 13.1. The molecular formula is C26H22Cl2N2O4. The fourth-order valence-corrected chi connectivity index (χ4v) is 3.53. The fraction of sp³-hybridized carbons (Fsp3) is 0.154. The number of ether oxygens (including phenoxy) is 3. The van der Waals surface area contributed by atoms with Crippen molar-refractivity contribution in [1.29, 1.82) is 5.26 Å². The highest BCUT2D eigenvalue weighted by atomic mass is 35.5. The average Bonchev–Trinajstić information content (AvgIpc) is 2.82. The standard InChI is InChI=1S/C26H22Cl2N2O4/c1-3-33-24-14-18(13-23(28)25(24)34-16-17-5-4-6-20(27)12-17)11-19(15-29)26(31)30-21-7-9-22(32-2)10-8-21/h4-14H,3,16H2,1-2H3,(H,30,31)/b19-11+. The predicted molar refractivity (Wildman–Crippen MR) is 134 cm³/mol. The van der Waals surface area contributed by atoms with E-state index in [4.69, 9.17) is 37.4 Å². The van der Waals surface area contributed by atoms with E-state index in [0.717, 1.165) is 5.56 Å². The Morgan fingerprint density at radius 1 is 1.09 bits per heavy atom. The van der Waals surface area contributed by atoms with Gasteiger partial charge in [0.2, 0.25) is 0 Å². The minimum Gasteiger partial charge on any atom is -0.497 e. The number of nitriles is 1. The van der Waals surface area contributed by atoms with Crippen molar-refractivity contribution in [2.45, 2.75) is 13.5 Å². The van der Waals surface area contributed by atoms with Crippen molar-refractivity contribution in [3.8, 4) is 23.3 Å². The third-order valence-corrected chi connectivity index (χ3v) is 5.14. The number of carbonyl (C=O) groups excluding carboxylic acids is 1. The molecule has 0 unspecified atom stereocenters. The number of hydrogen-bond acceptors (Lipinski definition) is 5. The Hall–Kier alpha value is -3.66. The minimum absolute atomic E-state index is 0.0954. The first kappa shape index (κ1) is 25.0. The number of hydrogen-bond donors (Lipinski definition) is 1. The van der Waals surface area contributed by atoms with Gasteiger partial charge in [0, 0.05) is 10.7 Å². The maximum atomic E-state index is 12.6. The molecule has 0 aliphatic heterocycles. The van der Waals surface area contributed by atoms with Gasteiger partial charge in [-0.2, -0.15) is 5.26 Å². The summed E-state index contributed by atoms with van der Waals surface area (Å²) >= 11 is 12.5. The van der Waals surface area contributed by atoms with Gasteiger partial charge in [0.1, 0.15) is 24.0 Å². The number of nitrogens with zero attached hydrogens (tertiary/aromatic N) is 1. The quantitative estimate of drug-likeness (QED) is 0.269. The maximum absolute atomic E-state index is 12.6. The number of benzene rings is 3. The molecule has 3 aromatic rings. The first-order chi connectivity index (χ1) is 16.4. The normalized spacial score (nSPS) is 10.9. The van der Waals surface area contributed by atoms with Crippen LogP contribution in [0.5, 0.6) is 17.2 Å². The summed E-state index contributed by atoms with van der Waals surface area (Å²) in [6, 6.07) is 19.3. The molecule has 0 bridgehead atoms. The van der Waals surface area contributed by atoms with E-state index in [0.29, 0.717) is 40.1 Å². The summed E-state index contributed by atoms with van der Waals surface area (Å²) in [6.45, 7) is 2.45. The topological polar surface area (TPSA) is 80.6 Å². The summed E-state index contributed by atoms with van der Waals surface area (Å²) in [7, 11) is 1.55. The van der Waals surface area contributed by atoms with Crippen molar-refractivity contribution in [1.82, 2.24) is 0 Å². The van der Waals surface area contributed by atoms with Gasteiger partial charge in [0.15, 0.2) is 11.5 Å². The average molecular weight is 497 g/mol. The van der Waals surface area contributed by atoms with Crippen molar-refractivity contribution < 1.29 is 19.0 Å². The van der Waals surface area contributed by atoms with Crippen LogP contribution in [0.3, 0.4) is 0 Å². The Morgan fingerprint density at radius 2 is 1.85 bits per heavy atom. The molecule has 0 aliphatic rings. The van der Waals surface area contributed by atoms with E-state index >= 15 is 0 Å². The molecule has 0 saturated heterocycles. The second-order valence-electron chi connectivity index (χ2n) is 7.03. The molecule has 0 radical (unpaired) electrons. The first-order valence-electron chi connectivity index (χ1n) is 10.3. The highest BCUT2D eigenvalue weighted by Gasteiger charge is 2.15. The Bertz CT molecular complexity index is 1230. The number of halogens is 2. The van der Waals surface area contributed by atoms with Crippen molar-refractivity contribution in [2.75, 3.05) is 19.0 Å². The molecule has 6 nitrogen and oxygen atoms in total. The molecule has 8 heteroatoms. The number of nitrogens with one attached hydrogen (secondary N) is 1. The predicted octanol–water partition coefficient (Wildman–Crippen LogP) is 6.53. The van der Waals surface area contributed by atoms with Gasteiger partial charge in [-0.3, -0.25) is 4.79 Å². The monoisotopic (exact) mass is 496 g/mol. The third-order valence-electron chi connectivity index (χ3n) is 4.63. The van der Waals surface area contributed by atoms with E-state index in [1.54, 1.807) is 55.6 Å². The summed E-state index contributed by atoms with van der Waals surface area (Å²) in [5.41, 5.74) is 1.83. The van der Waals surface area contributed by atoms with Gasteiger partial charge in [-0.1, -0.05) is 35.3 Å². The molecule has 0 aromatic heterocycles. The Labute approximate surface area is 208 Å². The van der Waals surface area contributed by atoms with Gasteiger partial charge in [0.05, 0.1) is 18.7 Å². The van der Waals surface area contributed by atoms with Crippen LogP contribution >= 0.6 is 23.2 Å². The van der Waals surface area contributed by atoms with Crippen molar-refractivity contribution in [2.24, 2.45) is 0 Å². The molecule has 0 spiro atoms. The van der Waals surface area contributed by atoms with Crippen molar-refractivity contribution >= 4 is 40.9 Å². The maximum Gasteiger partial charge on any atom is 0.266 e. The lowest BCUT2D eigenvalue weighted by molar-refractivity contribution is -0.112. The lowest BCUT2D eigenvalue weighted by atomic mass is 10.1. The minimum atomic E-state index is -0.553. The Morgan fingerprint density at radius 3 is 2.50 bits per heavy atom. The van der Waals surface area contributed by atoms with Crippen LogP contribution in [0, 0.1) is 11.3 Å². The van der Waals surface area contributed by atoms with Crippen LogP contribution in [0.1, 0.15) is 18.1 Å². The zero-order valence-corrected chi connectivity index (χ0v) is 20.1. The molecule has 0 atom stereocenters. The van der Waals surface area contributed by atoms with E-state index in [9.17, 15) is 10.1 Å². The molecule has 3 rings (SSSR count). The summed E-state index contributed by atoms with van der Waals surface area (Å²) in [4.78, 5) is 12.6. The molecule has 0 fully saturated rings. The molecule has 0 aliphatic carbocycles. The Balaban J connectivity index is 1.82. The van der Waals surface area contributed by atoms with Crippen LogP contribution in [0.25, 0.3) is 6.08 Å². The van der Waals surface area contributed by atoms with Gasteiger partial charge in [-0.25, -0.2) is 0 Å². The van der Waals surface area contributed by atoms with Crippen LogP contribution in [0.4, 0.5) is 5.69 Å². The van der Waals surface area contributed by atoms with Crippen molar-refractivity contribution in [3.63, 3.8) is 0 Å². The summed E-state index contributed by atoms with van der Waals surface area (Å²) < 4.78 is 16.7. The van der Waals surface area contributed by atoms with E-state index < -0.39 is 5.91 Å². The van der Waals surface area contributed by atoms with E-state index in [1.165, 1.54) is 6.08 Å². The van der Waals surface area contributed by atoms with Crippen molar-refractivity contribution in [3.05, 3.63) is 87.4 Å². The highest BCUT2D eigenvalue weighted by molar-refractivity contribution is 6.32. The molecule has 174 valence electrons. The fourth-order valence-electron chi connectivity index (χ4n) is 3.04. The molecule has 3 aromatic carbocycles. The van der Waals surface area contributed by atoms with E-state index in [-0.39, 0.29) is 17.2 Å². The second-order valence-corrected chi connectivity index (χ2v) is 7.88. The molecular weight excluding hydrogens is 475 g/mol. The van der Waals surface area contributed by atoms with Gasteiger partial charge < -0.3 is 19.5 Å². The van der Waals surface area contributed by atoms with Gasteiger partial charge in [-0.15, -0.1) is 0 Å². The zero-order valence-electron chi connectivity index (χ0n) is 18.6. The smallest absolute Gasteiger partial charge is 0.266 e. The van der Waals surface area contributed by atoms with Crippen LogP contribution < -0.4 is 19.5 Å². The molecule has 1 amide bonds. The summed E-state index contributed by atoms with van der Waals surface area (Å²) in [6.07, 6.45) is 1.44. The molecule has 34 heavy (non-hydrogen) atoms. The molecule has 0 saturated carbocycles. The van der Waals surface area contributed by atoms with Gasteiger partial charge in [-0.05, 0) is 72.7 Å². The number of anilines is 1. The number of amides is 1. The molecule has 0 heterocycles. The number of rotatable bonds is 9. The molecule has 1 N–H and O–H groups in total.